The van der Waals surface area contributed by atoms with Gasteiger partial charge in [0.05, 0.1) is 0 Å². The summed E-state index contributed by atoms with van der Waals surface area (Å²) in [6.07, 6.45) is 7.94. The Labute approximate surface area is 114 Å². The van der Waals surface area contributed by atoms with E-state index >= 15 is 0 Å². The van der Waals surface area contributed by atoms with Crippen molar-refractivity contribution in [1.29, 1.82) is 0 Å². The molecule has 0 aromatic heterocycles. The fraction of sp³-hybridized carbons (Fsp3) is 1.00. The molecule has 0 spiro atoms. The van der Waals surface area contributed by atoms with Crippen LogP contribution >= 0.6 is 0 Å². The lowest BCUT2D eigenvalue weighted by molar-refractivity contribution is 0.0904. The minimum Gasteiger partial charge on any atom is -0.381 e. The summed E-state index contributed by atoms with van der Waals surface area (Å²) in [4.78, 5) is 0. The van der Waals surface area contributed by atoms with Crippen LogP contribution in [0.25, 0.3) is 0 Å². The average molecular weight is 255 g/mol. The highest BCUT2D eigenvalue weighted by Gasteiger charge is 2.28. The van der Waals surface area contributed by atoms with Crippen LogP contribution in [0.3, 0.4) is 0 Å². The summed E-state index contributed by atoms with van der Waals surface area (Å²) in [7, 11) is 2.11. The summed E-state index contributed by atoms with van der Waals surface area (Å²) in [5.41, 5.74) is 0. The molecule has 0 aliphatic heterocycles. The van der Waals surface area contributed by atoms with Gasteiger partial charge in [-0.05, 0) is 56.9 Å². The smallest absolute Gasteiger partial charge is 0.0469 e. The average Bonchev–Trinajstić information content (AvgIpc) is 2.37. The Morgan fingerprint density at radius 3 is 2.61 bits per heavy atom. The van der Waals surface area contributed by atoms with Crippen LogP contribution in [0, 0.1) is 17.8 Å². The van der Waals surface area contributed by atoms with Crippen molar-refractivity contribution < 1.29 is 4.74 Å². The minimum absolute atomic E-state index is 0.724. The largest absolute Gasteiger partial charge is 0.381 e. The van der Waals surface area contributed by atoms with E-state index in [0.29, 0.717) is 0 Å². The fourth-order valence-electron chi connectivity index (χ4n) is 3.09. The van der Waals surface area contributed by atoms with Gasteiger partial charge in [0.1, 0.15) is 0 Å². The van der Waals surface area contributed by atoms with E-state index in [1.807, 2.05) is 0 Å². The summed E-state index contributed by atoms with van der Waals surface area (Å²) >= 11 is 0. The molecule has 1 aliphatic carbocycles. The molecule has 1 rings (SSSR count). The minimum atomic E-state index is 0.724. The summed E-state index contributed by atoms with van der Waals surface area (Å²) in [6, 6.07) is 0.724. The molecule has 0 heterocycles. The van der Waals surface area contributed by atoms with Gasteiger partial charge in [-0.25, -0.2) is 0 Å². The lowest BCUT2D eigenvalue weighted by Crippen LogP contribution is -2.39. The van der Waals surface area contributed by atoms with E-state index in [0.717, 1.165) is 37.0 Å². The Morgan fingerprint density at radius 1 is 1.22 bits per heavy atom. The first-order valence-corrected chi connectivity index (χ1v) is 7.92. The standard InChI is InChI=1S/C16H33NO/c1-5-14-6-7-16(17-4)15(12-14)9-11-18-10-8-13(2)3/h13-17H,5-12H2,1-4H3. The highest BCUT2D eigenvalue weighted by atomic mass is 16.5. The van der Waals surface area contributed by atoms with Gasteiger partial charge < -0.3 is 10.1 Å². The second-order valence-electron chi connectivity index (χ2n) is 6.33. The second kappa shape index (κ2) is 8.92. The molecule has 0 aromatic rings. The van der Waals surface area contributed by atoms with Crippen molar-refractivity contribution in [2.24, 2.45) is 17.8 Å². The van der Waals surface area contributed by atoms with Crippen molar-refractivity contribution in [2.45, 2.75) is 65.3 Å². The summed E-state index contributed by atoms with van der Waals surface area (Å²) in [5.74, 6) is 2.54. The van der Waals surface area contributed by atoms with Gasteiger partial charge in [-0.3, -0.25) is 0 Å². The van der Waals surface area contributed by atoms with Crippen molar-refractivity contribution in [3.05, 3.63) is 0 Å². The molecule has 1 aliphatic rings. The molecule has 3 atom stereocenters. The highest BCUT2D eigenvalue weighted by molar-refractivity contribution is 4.83. The zero-order valence-corrected chi connectivity index (χ0v) is 12.9. The Hall–Kier alpha value is -0.0800. The molecule has 18 heavy (non-hydrogen) atoms. The topological polar surface area (TPSA) is 21.3 Å². The molecular formula is C16H33NO. The third-order valence-electron chi connectivity index (χ3n) is 4.51. The zero-order chi connectivity index (χ0) is 13.4. The van der Waals surface area contributed by atoms with Crippen LogP contribution in [0.15, 0.2) is 0 Å². The number of hydrogen-bond acceptors (Lipinski definition) is 2. The molecule has 0 radical (unpaired) electrons. The zero-order valence-electron chi connectivity index (χ0n) is 12.9. The molecule has 0 bridgehead atoms. The van der Waals surface area contributed by atoms with Crippen LogP contribution in [-0.2, 0) is 4.74 Å². The number of ether oxygens (including phenoxy) is 1. The maximum absolute atomic E-state index is 5.78. The van der Waals surface area contributed by atoms with Gasteiger partial charge in [-0.2, -0.15) is 0 Å². The van der Waals surface area contributed by atoms with Crippen molar-refractivity contribution in [3.8, 4) is 0 Å². The van der Waals surface area contributed by atoms with E-state index in [2.05, 4.69) is 33.1 Å². The predicted octanol–water partition coefficient (Wildman–Crippen LogP) is 3.85. The third-order valence-corrected chi connectivity index (χ3v) is 4.51. The van der Waals surface area contributed by atoms with E-state index in [1.54, 1.807) is 0 Å². The Balaban J connectivity index is 2.20. The molecule has 108 valence electrons. The Morgan fingerprint density at radius 2 is 2.00 bits per heavy atom. The quantitative estimate of drug-likeness (QED) is 0.665. The molecule has 2 heteroatoms. The summed E-state index contributed by atoms with van der Waals surface area (Å²) in [6.45, 7) is 8.74. The van der Waals surface area contributed by atoms with Gasteiger partial charge >= 0.3 is 0 Å². The Bertz CT molecular complexity index is 205. The van der Waals surface area contributed by atoms with Crippen LogP contribution in [0.4, 0.5) is 0 Å². The van der Waals surface area contributed by atoms with Crippen LogP contribution in [0.1, 0.15) is 59.3 Å². The molecule has 0 amide bonds. The molecule has 0 saturated heterocycles. The van der Waals surface area contributed by atoms with Crippen molar-refractivity contribution in [3.63, 3.8) is 0 Å². The SMILES string of the molecule is CCC1CCC(NC)C(CCOCCC(C)C)C1. The fourth-order valence-corrected chi connectivity index (χ4v) is 3.09. The summed E-state index contributed by atoms with van der Waals surface area (Å²) < 4.78 is 5.78. The van der Waals surface area contributed by atoms with Gasteiger partial charge in [-0.1, -0.05) is 27.2 Å². The lowest BCUT2D eigenvalue weighted by Gasteiger charge is -2.35. The van der Waals surface area contributed by atoms with Gasteiger partial charge in [-0.15, -0.1) is 0 Å². The molecule has 0 aromatic carbocycles. The third kappa shape index (κ3) is 5.71. The maximum Gasteiger partial charge on any atom is 0.0469 e. The van der Waals surface area contributed by atoms with Crippen molar-refractivity contribution in [1.82, 2.24) is 5.32 Å². The van der Waals surface area contributed by atoms with E-state index in [4.69, 9.17) is 4.74 Å². The number of hydrogen-bond donors (Lipinski definition) is 1. The van der Waals surface area contributed by atoms with Crippen molar-refractivity contribution in [2.75, 3.05) is 20.3 Å². The molecular weight excluding hydrogens is 222 g/mol. The lowest BCUT2D eigenvalue weighted by atomic mass is 9.75. The maximum atomic E-state index is 5.78. The van der Waals surface area contributed by atoms with E-state index in [-0.39, 0.29) is 0 Å². The molecule has 3 unspecified atom stereocenters. The first-order valence-electron chi connectivity index (χ1n) is 7.92. The van der Waals surface area contributed by atoms with E-state index in [1.165, 1.54) is 38.5 Å². The normalized spacial score (nSPS) is 28.8. The first-order chi connectivity index (χ1) is 8.67. The number of nitrogens with one attached hydrogen (secondary N) is 1. The molecule has 1 fully saturated rings. The van der Waals surface area contributed by atoms with Crippen LogP contribution in [-0.4, -0.2) is 26.3 Å². The van der Waals surface area contributed by atoms with E-state index < -0.39 is 0 Å². The summed E-state index contributed by atoms with van der Waals surface area (Å²) in [5, 5.41) is 3.50. The predicted molar refractivity (Wildman–Crippen MR) is 78.9 cm³/mol. The first kappa shape index (κ1) is 16.0. The van der Waals surface area contributed by atoms with Crippen LogP contribution in [0.2, 0.25) is 0 Å². The monoisotopic (exact) mass is 255 g/mol. The molecule has 1 saturated carbocycles. The van der Waals surface area contributed by atoms with E-state index in [9.17, 15) is 0 Å². The second-order valence-corrected chi connectivity index (χ2v) is 6.33. The number of rotatable bonds is 8. The van der Waals surface area contributed by atoms with Crippen LogP contribution in [0.5, 0.6) is 0 Å². The van der Waals surface area contributed by atoms with Gasteiger partial charge in [0, 0.05) is 19.3 Å². The van der Waals surface area contributed by atoms with Gasteiger partial charge in [0.2, 0.25) is 0 Å². The van der Waals surface area contributed by atoms with Gasteiger partial charge in [0.25, 0.3) is 0 Å². The Kier molecular flexibility index (Phi) is 7.92. The highest BCUT2D eigenvalue weighted by Crippen LogP contribution is 2.33. The van der Waals surface area contributed by atoms with Crippen LogP contribution < -0.4 is 5.32 Å². The molecule has 2 nitrogen and oxygen atoms in total. The van der Waals surface area contributed by atoms with Gasteiger partial charge in [0.15, 0.2) is 0 Å². The van der Waals surface area contributed by atoms with Crippen molar-refractivity contribution >= 4 is 0 Å². The molecule has 1 N–H and O–H groups in total.